The molecule has 0 saturated heterocycles. The lowest BCUT2D eigenvalue weighted by atomic mass is 10.1. The van der Waals surface area contributed by atoms with Gasteiger partial charge in [0.05, 0.1) is 24.0 Å². The Balaban J connectivity index is 1.91. The van der Waals surface area contributed by atoms with E-state index < -0.39 is 0 Å². The largest absolute Gasteiger partial charge is 0.379 e. The highest BCUT2D eigenvalue weighted by atomic mass is 14.9. The number of nitrogens with zero attached hydrogens (tertiary/aromatic N) is 3. The van der Waals surface area contributed by atoms with Gasteiger partial charge in [0.25, 0.3) is 0 Å². The van der Waals surface area contributed by atoms with E-state index >= 15 is 0 Å². The number of hydrogen-bond donors (Lipinski definition) is 1. The van der Waals surface area contributed by atoms with Crippen LogP contribution in [0.25, 0.3) is 10.9 Å². The molecule has 4 nitrogen and oxygen atoms in total. The van der Waals surface area contributed by atoms with Crippen molar-refractivity contribution in [2.75, 3.05) is 5.32 Å². The van der Waals surface area contributed by atoms with Gasteiger partial charge in [-0.05, 0) is 30.7 Å². The van der Waals surface area contributed by atoms with Crippen molar-refractivity contribution in [1.29, 1.82) is 0 Å². The number of aromatic nitrogens is 3. The second kappa shape index (κ2) is 5.02. The van der Waals surface area contributed by atoms with Crippen molar-refractivity contribution in [3.05, 3.63) is 60.3 Å². The number of hydrogen-bond acceptors (Lipinski definition) is 4. The number of aryl methyl sites for hydroxylation is 1. The zero-order chi connectivity index (χ0) is 13.1. The molecule has 0 amide bonds. The normalized spacial score (nSPS) is 10.6. The van der Waals surface area contributed by atoms with Gasteiger partial charge in [-0.3, -0.25) is 15.0 Å². The Morgan fingerprint density at radius 2 is 2.00 bits per heavy atom. The number of nitrogens with one attached hydrogen (secondary N) is 1. The maximum Gasteiger partial charge on any atom is 0.0777 e. The van der Waals surface area contributed by atoms with Gasteiger partial charge in [-0.15, -0.1) is 0 Å². The van der Waals surface area contributed by atoms with Gasteiger partial charge < -0.3 is 5.32 Å². The van der Waals surface area contributed by atoms with E-state index in [4.69, 9.17) is 0 Å². The van der Waals surface area contributed by atoms with Gasteiger partial charge in [0.2, 0.25) is 0 Å². The Kier molecular flexibility index (Phi) is 3.06. The molecule has 0 unspecified atom stereocenters. The Labute approximate surface area is 111 Å². The molecular weight excluding hydrogens is 236 g/mol. The first kappa shape index (κ1) is 11.6. The predicted molar refractivity (Wildman–Crippen MR) is 75.8 cm³/mol. The Bertz CT molecular complexity index is 695. The zero-order valence-corrected chi connectivity index (χ0v) is 10.7. The van der Waals surface area contributed by atoms with Crippen molar-refractivity contribution in [1.82, 2.24) is 15.0 Å². The van der Waals surface area contributed by atoms with Crippen LogP contribution in [0.4, 0.5) is 5.69 Å². The first-order valence-corrected chi connectivity index (χ1v) is 6.18. The van der Waals surface area contributed by atoms with Crippen LogP contribution >= 0.6 is 0 Å². The van der Waals surface area contributed by atoms with E-state index in [1.165, 1.54) is 5.56 Å². The quantitative estimate of drug-likeness (QED) is 0.776. The summed E-state index contributed by atoms with van der Waals surface area (Å²) in [4.78, 5) is 12.7. The molecular formula is C15H14N4. The highest BCUT2D eigenvalue weighted by molar-refractivity contribution is 5.93. The number of pyridine rings is 1. The van der Waals surface area contributed by atoms with E-state index in [-0.39, 0.29) is 0 Å². The molecule has 0 spiro atoms. The second-order valence-electron chi connectivity index (χ2n) is 4.38. The molecule has 3 aromatic rings. The standard InChI is InChI=1S/C15H14N4/c1-11-4-5-14(13-3-2-6-18-15(11)13)19-10-12-9-16-7-8-17-12/h2-9,19H,10H2,1H3. The van der Waals surface area contributed by atoms with E-state index in [1.807, 2.05) is 12.3 Å². The average molecular weight is 250 g/mol. The van der Waals surface area contributed by atoms with Crippen LogP contribution in [-0.4, -0.2) is 15.0 Å². The first-order valence-electron chi connectivity index (χ1n) is 6.18. The van der Waals surface area contributed by atoms with Gasteiger partial charge >= 0.3 is 0 Å². The molecule has 0 aliphatic carbocycles. The Morgan fingerprint density at radius 3 is 2.84 bits per heavy atom. The van der Waals surface area contributed by atoms with Gasteiger partial charge in [0.1, 0.15) is 0 Å². The summed E-state index contributed by atoms with van der Waals surface area (Å²) in [5, 5.41) is 4.52. The lowest BCUT2D eigenvalue weighted by molar-refractivity contribution is 1.01. The van der Waals surface area contributed by atoms with Crippen molar-refractivity contribution in [2.24, 2.45) is 0 Å². The van der Waals surface area contributed by atoms with Crippen LogP contribution in [0.2, 0.25) is 0 Å². The molecule has 0 bridgehead atoms. The lowest BCUT2D eigenvalue weighted by Crippen LogP contribution is -2.02. The maximum absolute atomic E-state index is 4.43. The molecule has 1 N–H and O–H groups in total. The van der Waals surface area contributed by atoms with Gasteiger partial charge in [-0.1, -0.05) is 6.07 Å². The lowest BCUT2D eigenvalue weighted by Gasteiger charge is -2.10. The average Bonchev–Trinajstić information content (AvgIpc) is 2.48. The molecule has 0 atom stereocenters. The van der Waals surface area contributed by atoms with Crippen molar-refractivity contribution < 1.29 is 0 Å². The SMILES string of the molecule is Cc1ccc(NCc2cnccn2)c2cccnc12. The maximum atomic E-state index is 4.43. The third kappa shape index (κ3) is 2.38. The van der Waals surface area contributed by atoms with Crippen LogP contribution in [0, 0.1) is 6.92 Å². The highest BCUT2D eigenvalue weighted by Gasteiger charge is 2.04. The summed E-state index contributed by atoms with van der Waals surface area (Å²) in [7, 11) is 0. The second-order valence-corrected chi connectivity index (χ2v) is 4.38. The zero-order valence-electron chi connectivity index (χ0n) is 10.7. The van der Waals surface area contributed by atoms with E-state index in [0.717, 1.165) is 22.3 Å². The van der Waals surface area contributed by atoms with Crippen LogP contribution in [0.1, 0.15) is 11.3 Å². The minimum atomic E-state index is 0.654. The van der Waals surface area contributed by atoms with Crippen molar-refractivity contribution in [3.8, 4) is 0 Å². The molecule has 0 aliphatic rings. The van der Waals surface area contributed by atoms with Gasteiger partial charge in [-0.25, -0.2) is 0 Å². The molecule has 1 aromatic carbocycles. The molecule has 2 heterocycles. The number of fused-ring (bicyclic) bond motifs is 1. The monoisotopic (exact) mass is 250 g/mol. The summed E-state index contributed by atoms with van der Waals surface area (Å²) < 4.78 is 0. The van der Waals surface area contributed by atoms with Crippen LogP contribution in [0.5, 0.6) is 0 Å². The van der Waals surface area contributed by atoms with Crippen LogP contribution in [-0.2, 0) is 6.54 Å². The molecule has 0 fully saturated rings. The van der Waals surface area contributed by atoms with Crippen molar-refractivity contribution in [3.63, 3.8) is 0 Å². The van der Waals surface area contributed by atoms with Gasteiger partial charge in [0, 0.05) is 29.7 Å². The third-order valence-electron chi connectivity index (χ3n) is 3.05. The van der Waals surface area contributed by atoms with Crippen molar-refractivity contribution in [2.45, 2.75) is 13.5 Å². The fourth-order valence-electron chi connectivity index (χ4n) is 2.08. The summed E-state index contributed by atoms with van der Waals surface area (Å²) >= 11 is 0. The molecule has 0 saturated carbocycles. The van der Waals surface area contributed by atoms with E-state index in [0.29, 0.717) is 6.54 Å². The van der Waals surface area contributed by atoms with E-state index in [1.54, 1.807) is 18.6 Å². The summed E-state index contributed by atoms with van der Waals surface area (Å²) in [5.41, 5.74) is 4.20. The predicted octanol–water partition coefficient (Wildman–Crippen LogP) is 2.95. The molecule has 4 heteroatoms. The number of anilines is 1. The molecule has 3 rings (SSSR count). The number of rotatable bonds is 3. The molecule has 0 aliphatic heterocycles. The van der Waals surface area contributed by atoms with Crippen molar-refractivity contribution >= 4 is 16.6 Å². The van der Waals surface area contributed by atoms with Crippen LogP contribution < -0.4 is 5.32 Å². The summed E-state index contributed by atoms with van der Waals surface area (Å²) in [6.07, 6.45) is 6.96. The molecule has 19 heavy (non-hydrogen) atoms. The minimum Gasteiger partial charge on any atom is -0.379 e. The number of benzene rings is 1. The highest BCUT2D eigenvalue weighted by Crippen LogP contribution is 2.24. The van der Waals surface area contributed by atoms with E-state index in [2.05, 4.69) is 45.4 Å². The minimum absolute atomic E-state index is 0.654. The molecule has 0 radical (unpaired) electrons. The fourth-order valence-corrected chi connectivity index (χ4v) is 2.08. The Morgan fingerprint density at radius 1 is 1.05 bits per heavy atom. The topological polar surface area (TPSA) is 50.7 Å². The summed E-state index contributed by atoms with van der Waals surface area (Å²) in [5.74, 6) is 0. The van der Waals surface area contributed by atoms with E-state index in [9.17, 15) is 0 Å². The Hall–Kier alpha value is -2.49. The third-order valence-corrected chi connectivity index (χ3v) is 3.05. The first-order chi connectivity index (χ1) is 9.34. The molecule has 94 valence electrons. The fraction of sp³-hybridized carbons (Fsp3) is 0.133. The van der Waals surface area contributed by atoms with Crippen LogP contribution in [0.15, 0.2) is 49.1 Å². The summed E-state index contributed by atoms with van der Waals surface area (Å²) in [6.45, 7) is 2.72. The van der Waals surface area contributed by atoms with Gasteiger partial charge in [0.15, 0.2) is 0 Å². The van der Waals surface area contributed by atoms with Gasteiger partial charge in [-0.2, -0.15) is 0 Å². The summed E-state index contributed by atoms with van der Waals surface area (Å²) in [6, 6.07) is 8.19. The van der Waals surface area contributed by atoms with Crippen LogP contribution in [0.3, 0.4) is 0 Å². The smallest absolute Gasteiger partial charge is 0.0777 e. The molecule has 2 aromatic heterocycles.